The van der Waals surface area contributed by atoms with Crippen LogP contribution in [0.15, 0.2) is 42.5 Å². The Labute approximate surface area is 159 Å². The summed E-state index contributed by atoms with van der Waals surface area (Å²) in [7, 11) is 3.52. The Hall–Kier alpha value is -2.24. The normalized spacial score (nSPS) is 10.7. The molecule has 0 fully saturated rings. The van der Waals surface area contributed by atoms with Crippen molar-refractivity contribution >= 4 is 17.5 Å². The molecule has 2 aromatic carbocycles. The second kappa shape index (κ2) is 10.0. The van der Waals surface area contributed by atoms with E-state index in [-0.39, 0.29) is 5.91 Å². The number of nitrogens with zero attached hydrogens (tertiary/aromatic N) is 1. The molecule has 0 aliphatic heterocycles. The zero-order valence-electron chi connectivity index (χ0n) is 15.4. The molecule has 0 saturated heterocycles. The van der Waals surface area contributed by atoms with Gasteiger partial charge in [-0.1, -0.05) is 29.8 Å². The van der Waals surface area contributed by atoms with Crippen molar-refractivity contribution in [1.82, 2.24) is 10.2 Å². The molecule has 0 spiro atoms. The highest BCUT2D eigenvalue weighted by atomic mass is 35.5. The highest BCUT2D eigenvalue weighted by Crippen LogP contribution is 2.28. The van der Waals surface area contributed by atoms with Crippen molar-refractivity contribution in [3.05, 3.63) is 58.6 Å². The summed E-state index contributed by atoms with van der Waals surface area (Å²) in [5.74, 6) is 1.38. The van der Waals surface area contributed by atoms with Crippen LogP contribution in [0, 0.1) is 0 Å². The van der Waals surface area contributed by atoms with Gasteiger partial charge in [-0.2, -0.15) is 0 Å². The predicted molar refractivity (Wildman–Crippen MR) is 104 cm³/mol. The molecule has 0 bridgehead atoms. The molecule has 6 heteroatoms. The summed E-state index contributed by atoms with van der Waals surface area (Å²) in [4.78, 5) is 14.1. The van der Waals surface area contributed by atoms with Gasteiger partial charge >= 0.3 is 0 Å². The lowest BCUT2D eigenvalue weighted by Crippen LogP contribution is -2.34. The number of benzene rings is 2. The fraction of sp³-hybridized carbons (Fsp3) is 0.350. The lowest BCUT2D eigenvalue weighted by atomic mass is 10.2. The summed E-state index contributed by atoms with van der Waals surface area (Å²) < 4.78 is 10.9. The number of amides is 1. The second-order valence-electron chi connectivity index (χ2n) is 6.00. The number of ether oxygens (including phenoxy) is 2. The van der Waals surface area contributed by atoms with Crippen LogP contribution in [0.4, 0.5) is 0 Å². The minimum Gasteiger partial charge on any atom is -0.493 e. The number of likely N-dealkylation sites (N-methyl/N-ethyl adjacent to an activating group) is 1. The van der Waals surface area contributed by atoms with Gasteiger partial charge in [0, 0.05) is 18.1 Å². The summed E-state index contributed by atoms with van der Waals surface area (Å²) in [6.45, 7) is 3.92. The third kappa shape index (κ3) is 6.24. The van der Waals surface area contributed by atoms with Crippen LogP contribution >= 0.6 is 11.6 Å². The van der Waals surface area contributed by atoms with Crippen LogP contribution in [0.3, 0.4) is 0 Å². The molecule has 0 saturated carbocycles. The molecule has 0 aliphatic carbocycles. The molecule has 2 aromatic rings. The molecule has 0 aliphatic rings. The number of hydrogen-bond donors (Lipinski definition) is 1. The van der Waals surface area contributed by atoms with Gasteiger partial charge in [0.1, 0.15) is 0 Å². The summed E-state index contributed by atoms with van der Waals surface area (Å²) >= 11 is 5.95. The van der Waals surface area contributed by atoms with E-state index >= 15 is 0 Å². The predicted octanol–water partition coefficient (Wildman–Crippen LogP) is 3.50. The van der Waals surface area contributed by atoms with Gasteiger partial charge < -0.3 is 14.8 Å². The van der Waals surface area contributed by atoms with Crippen LogP contribution in [0.5, 0.6) is 11.5 Å². The first-order chi connectivity index (χ1) is 12.5. The molecule has 2 rings (SSSR count). The van der Waals surface area contributed by atoms with Crippen molar-refractivity contribution in [2.75, 3.05) is 27.3 Å². The number of rotatable bonds is 9. The molecule has 140 valence electrons. The molecule has 0 aromatic heterocycles. The van der Waals surface area contributed by atoms with E-state index in [9.17, 15) is 4.79 Å². The lowest BCUT2D eigenvalue weighted by molar-refractivity contribution is -0.122. The second-order valence-corrected chi connectivity index (χ2v) is 6.43. The Morgan fingerprint density at radius 2 is 1.96 bits per heavy atom. The van der Waals surface area contributed by atoms with Crippen molar-refractivity contribution < 1.29 is 14.3 Å². The number of carbonyl (C=O) groups is 1. The maximum absolute atomic E-state index is 12.1. The van der Waals surface area contributed by atoms with E-state index in [2.05, 4.69) is 5.32 Å². The fourth-order valence-corrected chi connectivity index (χ4v) is 2.81. The molecule has 1 N–H and O–H groups in total. The number of methoxy groups -OCH3 is 1. The van der Waals surface area contributed by atoms with Gasteiger partial charge in [0.15, 0.2) is 11.5 Å². The van der Waals surface area contributed by atoms with Crippen molar-refractivity contribution in [3.8, 4) is 11.5 Å². The summed E-state index contributed by atoms with van der Waals surface area (Å²) in [6, 6.07) is 13.3. The standard InChI is InChI=1S/C20H25ClN2O3/c1-4-26-18-9-8-16(11-19(18)25-3)13-23(2)14-20(24)22-12-15-6-5-7-17(21)10-15/h5-11H,4,12-14H2,1-3H3,(H,22,24). The molecule has 0 unspecified atom stereocenters. The highest BCUT2D eigenvalue weighted by molar-refractivity contribution is 6.30. The minimum absolute atomic E-state index is 0.0367. The van der Waals surface area contributed by atoms with Crippen LogP contribution < -0.4 is 14.8 Å². The molecule has 5 nitrogen and oxygen atoms in total. The third-order valence-electron chi connectivity index (χ3n) is 3.77. The van der Waals surface area contributed by atoms with E-state index in [1.54, 1.807) is 7.11 Å². The van der Waals surface area contributed by atoms with E-state index < -0.39 is 0 Å². The van der Waals surface area contributed by atoms with E-state index in [1.165, 1.54) is 0 Å². The van der Waals surface area contributed by atoms with Crippen molar-refractivity contribution in [1.29, 1.82) is 0 Å². The minimum atomic E-state index is -0.0367. The molecule has 26 heavy (non-hydrogen) atoms. The maximum Gasteiger partial charge on any atom is 0.234 e. The summed E-state index contributed by atoms with van der Waals surface area (Å²) in [6.07, 6.45) is 0. The van der Waals surface area contributed by atoms with Gasteiger partial charge in [-0.15, -0.1) is 0 Å². The van der Waals surface area contributed by atoms with Gasteiger partial charge in [0.05, 0.1) is 20.3 Å². The molecular formula is C20H25ClN2O3. The fourth-order valence-electron chi connectivity index (χ4n) is 2.60. The van der Waals surface area contributed by atoms with E-state index in [0.29, 0.717) is 37.0 Å². The molecule has 0 radical (unpaired) electrons. The molecule has 0 atom stereocenters. The first-order valence-electron chi connectivity index (χ1n) is 8.51. The largest absolute Gasteiger partial charge is 0.493 e. The van der Waals surface area contributed by atoms with Crippen LogP contribution in [0.1, 0.15) is 18.1 Å². The van der Waals surface area contributed by atoms with Crippen molar-refractivity contribution in [3.63, 3.8) is 0 Å². The van der Waals surface area contributed by atoms with Crippen molar-refractivity contribution in [2.24, 2.45) is 0 Å². The zero-order valence-corrected chi connectivity index (χ0v) is 16.2. The number of halogens is 1. The monoisotopic (exact) mass is 376 g/mol. The summed E-state index contributed by atoms with van der Waals surface area (Å²) in [5, 5.41) is 3.57. The number of carbonyl (C=O) groups excluding carboxylic acids is 1. The van der Waals surface area contributed by atoms with Gasteiger partial charge in [-0.25, -0.2) is 0 Å². The zero-order chi connectivity index (χ0) is 18.9. The Balaban J connectivity index is 1.85. The van der Waals surface area contributed by atoms with Crippen molar-refractivity contribution in [2.45, 2.75) is 20.0 Å². The first kappa shape index (κ1) is 20.1. The van der Waals surface area contributed by atoms with Crippen LogP contribution in [-0.2, 0) is 17.9 Å². The molecular weight excluding hydrogens is 352 g/mol. The Morgan fingerprint density at radius 3 is 2.65 bits per heavy atom. The average molecular weight is 377 g/mol. The lowest BCUT2D eigenvalue weighted by Gasteiger charge is -2.18. The van der Waals surface area contributed by atoms with E-state index in [4.69, 9.17) is 21.1 Å². The van der Waals surface area contributed by atoms with Crippen LogP contribution in [0.25, 0.3) is 0 Å². The Bertz CT molecular complexity index is 737. The molecule has 1 amide bonds. The number of nitrogens with one attached hydrogen (secondary N) is 1. The van der Waals surface area contributed by atoms with Crippen LogP contribution in [-0.4, -0.2) is 38.1 Å². The molecule has 0 heterocycles. The smallest absolute Gasteiger partial charge is 0.234 e. The topological polar surface area (TPSA) is 50.8 Å². The van der Waals surface area contributed by atoms with E-state index in [1.807, 2.05) is 61.3 Å². The average Bonchev–Trinajstić information content (AvgIpc) is 2.61. The van der Waals surface area contributed by atoms with Crippen LogP contribution in [0.2, 0.25) is 5.02 Å². The first-order valence-corrected chi connectivity index (χ1v) is 8.89. The SMILES string of the molecule is CCOc1ccc(CN(C)CC(=O)NCc2cccc(Cl)c2)cc1OC. The Kier molecular flexibility index (Phi) is 7.75. The van der Waals surface area contributed by atoms with Gasteiger partial charge in [-0.3, -0.25) is 9.69 Å². The third-order valence-corrected chi connectivity index (χ3v) is 4.01. The highest BCUT2D eigenvalue weighted by Gasteiger charge is 2.10. The van der Waals surface area contributed by atoms with Gasteiger partial charge in [0.25, 0.3) is 0 Å². The summed E-state index contributed by atoms with van der Waals surface area (Å²) in [5.41, 5.74) is 2.03. The van der Waals surface area contributed by atoms with E-state index in [0.717, 1.165) is 16.9 Å². The number of hydrogen-bond acceptors (Lipinski definition) is 4. The Morgan fingerprint density at radius 1 is 1.15 bits per heavy atom. The maximum atomic E-state index is 12.1. The quantitative estimate of drug-likeness (QED) is 0.727. The van der Waals surface area contributed by atoms with Gasteiger partial charge in [-0.05, 0) is 49.4 Å². The van der Waals surface area contributed by atoms with Gasteiger partial charge in [0.2, 0.25) is 5.91 Å².